The average molecular weight is 292 g/mol. The largest absolute Gasteiger partial charge is 0.467 e. The van der Waals surface area contributed by atoms with Crippen molar-refractivity contribution in [3.05, 3.63) is 59.0 Å². The number of benzene rings is 1. The first-order valence-electron chi connectivity index (χ1n) is 6.72. The fraction of sp³-hybridized carbons (Fsp3) is 0.312. The topological polar surface area (TPSA) is 42.2 Å². The summed E-state index contributed by atoms with van der Waals surface area (Å²) in [6.45, 7) is 1.91. The van der Waals surface area contributed by atoms with Crippen molar-refractivity contribution in [3.63, 3.8) is 0 Å². The SMILES string of the molecule is CC(NC(=O)CCCc1ccc(Cl)cc1)c1ccco1. The number of aryl methyl sites for hydroxylation is 1. The van der Waals surface area contributed by atoms with E-state index < -0.39 is 0 Å². The van der Waals surface area contributed by atoms with Gasteiger partial charge in [-0.2, -0.15) is 0 Å². The molecule has 3 nitrogen and oxygen atoms in total. The molecular weight excluding hydrogens is 274 g/mol. The molecule has 1 amide bonds. The molecule has 0 aliphatic carbocycles. The minimum absolute atomic E-state index is 0.0443. The molecule has 0 aliphatic heterocycles. The van der Waals surface area contributed by atoms with Crippen LogP contribution >= 0.6 is 11.6 Å². The van der Waals surface area contributed by atoms with Gasteiger partial charge in [-0.1, -0.05) is 23.7 Å². The highest BCUT2D eigenvalue weighted by Gasteiger charge is 2.11. The van der Waals surface area contributed by atoms with E-state index in [9.17, 15) is 4.79 Å². The second-order valence-electron chi connectivity index (χ2n) is 4.78. The summed E-state index contributed by atoms with van der Waals surface area (Å²) in [5.74, 6) is 0.818. The summed E-state index contributed by atoms with van der Waals surface area (Å²) in [6.07, 6.45) is 3.81. The van der Waals surface area contributed by atoms with Crippen LogP contribution in [0.25, 0.3) is 0 Å². The zero-order valence-electron chi connectivity index (χ0n) is 11.4. The highest BCUT2D eigenvalue weighted by atomic mass is 35.5. The zero-order chi connectivity index (χ0) is 14.4. The van der Waals surface area contributed by atoms with Crippen molar-refractivity contribution >= 4 is 17.5 Å². The van der Waals surface area contributed by atoms with Crippen LogP contribution in [0.2, 0.25) is 5.02 Å². The van der Waals surface area contributed by atoms with E-state index in [2.05, 4.69) is 5.32 Å². The van der Waals surface area contributed by atoms with Crippen molar-refractivity contribution in [1.29, 1.82) is 0 Å². The van der Waals surface area contributed by atoms with Crippen molar-refractivity contribution < 1.29 is 9.21 Å². The fourth-order valence-electron chi connectivity index (χ4n) is 2.03. The lowest BCUT2D eigenvalue weighted by Gasteiger charge is -2.11. The third-order valence-corrected chi connectivity index (χ3v) is 3.38. The summed E-state index contributed by atoms with van der Waals surface area (Å²) in [4.78, 5) is 11.8. The first-order valence-corrected chi connectivity index (χ1v) is 7.10. The average Bonchev–Trinajstić information content (AvgIpc) is 2.95. The summed E-state index contributed by atoms with van der Waals surface area (Å²) in [5.41, 5.74) is 1.20. The molecule has 2 aromatic rings. The summed E-state index contributed by atoms with van der Waals surface area (Å²) in [5, 5.41) is 3.66. The normalized spacial score (nSPS) is 12.1. The molecule has 0 saturated carbocycles. The number of hydrogen-bond acceptors (Lipinski definition) is 2. The summed E-state index contributed by atoms with van der Waals surface area (Å²) >= 11 is 5.83. The predicted molar refractivity (Wildman–Crippen MR) is 79.7 cm³/mol. The van der Waals surface area contributed by atoms with Gasteiger partial charge in [0, 0.05) is 11.4 Å². The minimum atomic E-state index is -0.0898. The van der Waals surface area contributed by atoms with E-state index in [-0.39, 0.29) is 11.9 Å². The number of amides is 1. The molecule has 1 heterocycles. The van der Waals surface area contributed by atoms with Gasteiger partial charge in [0.2, 0.25) is 5.91 Å². The quantitative estimate of drug-likeness (QED) is 0.869. The summed E-state index contributed by atoms with van der Waals surface area (Å²) in [6, 6.07) is 11.3. The summed E-state index contributed by atoms with van der Waals surface area (Å²) in [7, 11) is 0. The Morgan fingerprint density at radius 3 is 2.70 bits per heavy atom. The van der Waals surface area contributed by atoms with Gasteiger partial charge in [0.1, 0.15) is 5.76 Å². The van der Waals surface area contributed by atoms with Crippen molar-refractivity contribution in [3.8, 4) is 0 Å². The molecule has 4 heteroatoms. The van der Waals surface area contributed by atoms with E-state index in [4.69, 9.17) is 16.0 Å². The molecule has 0 radical (unpaired) electrons. The molecule has 1 unspecified atom stereocenters. The van der Waals surface area contributed by atoms with E-state index in [1.165, 1.54) is 5.56 Å². The molecule has 1 atom stereocenters. The molecular formula is C16H18ClNO2. The van der Waals surface area contributed by atoms with Crippen molar-refractivity contribution in [2.75, 3.05) is 0 Å². The highest BCUT2D eigenvalue weighted by molar-refractivity contribution is 6.30. The molecule has 1 aromatic carbocycles. The Hall–Kier alpha value is -1.74. The second kappa shape index (κ2) is 7.15. The third kappa shape index (κ3) is 4.42. The number of carbonyl (C=O) groups is 1. The van der Waals surface area contributed by atoms with Gasteiger partial charge in [0.05, 0.1) is 12.3 Å². The van der Waals surface area contributed by atoms with Gasteiger partial charge in [-0.3, -0.25) is 4.79 Å². The van der Waals surface area contributed by atoms with Gasteiger partial charge in [0.25, 0.3) is 0 Å². The van der Waals surface area contributed by atoms with Gasteiger partial charge >= 0.3 is 0 Å². The van der Waals surface area contributed by atoms with E-state index in [0.717, 1.165) is 23.6 Å². The smallest absolute Gasteiger partial charge is 0.220 e. The minimum Gasteiger partial charge on any atom is -0.467 e. The number of furan rings is 1. The molecule has 2 rings (SSSR count). The fourth-order valence-corrected chi connectivity index (χ4v) is 2.15. The van der Waals surface area contributed by atoms with Crippen LogP contribution in [0.1, 0.15) is 37.1 Å². The summed E-state index contributed by atoms with van der Waals surface area (Å²) < 4.78 is 5.25. The maximum atomic E-state index is 11.8. The number of halogens is 1. The number of nitrogens with one attached hydrogen (secondary N) is 1. The first kappa shape index (κ1) is 14.7. The van der Waals surface area contributed by atoms with Crippen LogP contribution in [-0.4, -0.2) is 5.91 Å². The van der Waals surface area contributed by atoms with Crippen LogP contribution in [0.3, 0.4) is 0 Å². The third-order valence-electron chi connectivity index (χ3n) is 3.13. The van der Waals surface area contributed by atoms with Gasteiger partial charge in [-0.25, -0.2) is 0 Å². The van der Waals surface area contributed by atoms with Crippen LogP contribution in [0.4, 0.5) is 0 Å². The lowest BCUT2D eigenvalue weighted by Crippen LogP contribution is -2.26. The predicted octanol–water partition coefficient (Wildman–Crippen LogP) is 4.13. The number of hydrogen-bond donors (Lipinski definition) is 1. The molecule has 20 heavy (non-hydrogen) atoms. The second-order valence-corrected chi connectivity index (χ2v) is 5.22. The maximum absolute atomic E-state index is 11.8. The van der Waals surface area contributed by atoms with Crippen molar-refractivity contribution in [2.45, 2.75) is 32.2 Å². The zero-order valence-corrected chi connectivity index (χ0v) is 12.2. The Labute approximate surface area is 123 Å². The Kier molecular flexibility index (Phi) is 5.24. The van der Waals surface area contributed by atoms with E-state index in [0.29, 0.717) is 6.42 Å². The highest BCUT2D eigenvalue weighted by Crippen LogP contribution is 2.14. The molecule has 0 aliphatic rings. The Balaban J connectivity index is 1.71. The van der Waals surface area contributed by atoms with E-state index >= 15 is 0 Å². The van der Waals surface area contributed by atoms with E-state index in [1.54, 1.807) is 6.26 Å². The molecule has 1 aromatic heterocycles. The monoisotopic (exact) mass is 291 g/mol. The van der Waals surface area contributed by atoms with Crippen LogP contribution in [-0.2, 0) is 11.2 Å². The molecule has 0 bridgehead atoms. The van der Waals surface area contributed by atoms with Crippen LogP contribution < -0.4 is 5.32 Å². The number of rotatable bonds is 6. The van der Waals surface area contributed by atoms with Crippen LogP contribution in [0.5, 0.6) is 0 Å². The molecule has 0 saturated heterocycles. The van der Waals surface area contributed by atoms with Gasteiger partial charge in [-0.15, -0.1) is 0 Å². The maximum Gasteiger partial charge on any atom is 0.220 e. The van der Waals surface area contributed by atoms with E-state index in [1.807, 2.05) is 43.3 Å². The van der Waals surface area contributed by atoms with Crippen LogP contribution in [0.15, 0.2) is 47.1 Å². The first-order chi connectivity index (χ1) is 9.65. The van der Waals surface area contributed by atoms with Crippen LogP contribution in [0, 0.1) is 0 Å². The number of carbonyl (C=O) groups excluding carboxylic acids is 1. The molecule has 106 valence electrons. The molecule has 0 fully saturated rings. The lowest BCUT2D eigenvalue weighted by atomic mass is 10.1. The lowest BCUT2D eigenvalue weighted by molar-refractivity contribution is -0.121. The van der Waals surface area contributed by atoms with Gasteiger partial charge < -0.3 is 9.73 Å². The molecule has 1 N–H and O–H groups in total. The van der Waals surface area contributed by atoms with Gasteiger partial charge in [-0.05, 0) is 49.6 Å². The van der Waals surface area contributed by atoms with Crippen molar-refractivity contribution in [1.82, 2.24) is 5.32 Å². The standard InChI is InChI=1S/C16H18ClNO2/c1-12(15-5-3-11-20-15)18-16(19)6-2-4-13-7-9-14(17)10-8-13/h3,5,7-12H,2,4,6H2,1H3,(H,18,19). The Morgan fingerprint density at radius 2 is 2.05 bits per heavy atom. The van der Waals surface area contributed by atoms with Crippen molar-refractivity contribution in [2.24, 2.45) is 0 Å². The van der Waals surface area contributed by atoms with Gasteiger partial charge in [0.15, 0.2) is 0 Å². The Bertz CT molecular complexity index is 534. The molecule has 0 spiro atoms. The Morgan fingerprint density at radius 1 is 1.30 bits per heavy atom.